The Bertz CT molecular complexity index is 630. The summed E-state index contributed by atoms with van der Waals surface area (Å²) in [5, 5.41) is 0.175. The molecule has 2 aliphatic rings. The fourth-order valence-corrected chi connectivity index (χ4v) is 3.62. The monoisotopic (exact) mass is 349 g/mol. The first-order chi connectivity index (χ1) is 11.6. The molecule has 3 nitrogen and oxygen atoms in total. The predicted octanol–water partition coefficient (Wildman–Crippen LogP) is 3.42. The quantitative estimate of drug-likeness (QED) is 0.630. The fourth-order valence-electron chi connectivity index (χ4n) is 3.32. The van der Waals surface area contributed by atoms with Gasteiger partial charge in [0.1, 0.15) is 5.82 Å². The Kier molecular flexibility index (Phi) is 5.74. The Balaban J connectivity index is 1.88. The molecule has 2 unspecified atom stereocenters. The first kappa shape index (κ1) is 17.6. The van der Waals surface area contributed by atoms with Crippen LogP contribution in [0.15, 0.2) is 35.9 Å². The summed E-state index contributed by atoms with van der Waals surface area (Å²) in [6, 6.07) is 6.16. The zero-order valence-corrected chi connectivity index (χ0v) is 14.8. The SMILES string of the molecule is COCC=C1CN(C(C(=O)C2CC2)c2ccccc2F)CCC1S. The summed E-state index contributed by atoms with van der Waals surface area (Å²) in [5.41, 5.74) is 1.65. The second-order valence-electron chi connectivity index (χ2n) is 6.61. The number of methoxy groups -OCH3 is 1. The molecule has 5 heteroatoms. The lowest BCUT2D eigenvalue weighted by Crippen LogP contribution is -2.42. The molecule has 1 aliphatic heterocycles. The molecule has 3 rings (SSSR count). The predicted molar refractivity (Wildman–Crippen MR) is 95.8 cm³/mol. The minimum Gasteiger partial charge on any atom is -0.381 e. The molecule has 130 valence electrons. The molecule has 0 spiro atoms. The number of carbonyl (C=O) groups is 1. The van der Waals surface area contributed by atoms with Gasteiger partial charge in [-0.25, -0.2) is 4.39 Å². The van der Waals surface area contributed by atoms with E-state index in [1.54, 1.807) is 25.3 Å². The van der Waals surface area contributed by atoms with Gasteiger partial charge in [-0.2, -0.15) is 12.6 Å². The molecule has 0 bridgehead atoms. The number of hydrogen-bond donors (Lipinski definition) is 1. The van der Waals surface area contributed by atoms with Crippen LogP contribution >= 0.6 is 12.6 Å². The summed E-state index contributed by atoms with van der Waals surface area (Å²) in [6.45, 7) is 1.91. The van der Waals surface area contributed by atoms with Crippen molar-refractivity contribution in [2.45, 2.75) is 30.6 Å². The van der Waals surface area contributed by atoms with E-state index in [-0.39, 0.29) is 22.8 Å². The average Bonchev–Trinajstić information content (AvgIpc) is 3.42. The summed E-state index contributed by atoms with van der Waals surface area (Å²) in [4.78, 5) is 15.0. The number of thiol groups is 1. The minimum atomic E-state index is -0.495. The standard InChI is InChI=1S/C19H24FNO2S/c1-23-11-9-14-12-21(10-8-17(14)24)18(19(22)13-6-7-13)15-4-2-3-5-16(15)20/h2-5,9,13,17-18,24H,6-8,10-12H2,1H3. The van der Waals surface area contributed by atoms with Crippen LogP contribution in [-0.4, -0.2) is 42.7 Å². The number of ketones is 1. The van der Waals surface area contributed by atoms with Gasteiger partial charge in [-0.1, -0.05) is 24.3 Å². The number of likely N-dealkylation sites (tertiary alicyclic amines) is 1. The highest BCUT2D eigenvalue weighted by Gasteiger charge is 2.40. The van der Waals surface area contributed by atoms with Gasteiger partial charge in [0.2, 0.25) is 0 Å². The van der Waals surface area contributed by atoms with E-state index in [2.05, 4.69) is 17.5 Å². The zero-order valence-electron chi connectivity index (χ0n) is 14.0. The van der Waals surface area contributed by atoms with Crippen LogP contribution in [0.4, 0.5) is 4.39 Å². The highest BCUT2D eigenvalue weighted by molar-refractivity contribution is 7.81. The lowest BCUT2D eigenvalue weighted by molar-refractivity contribution is -0.126. The molecular formula is C19H24FNO2S. The number of ether oxygens (including phenoxy) is 1. The molecule has 2 fully saturated rings. The Morgan fingerprint density at radius 2 is 2.17 bits per heavy atom. The van der Waals surface area contributed by atoms with Crippen molar-refractivity contribution in [1.29, 1.82) is 0 Å². The average molecular weight is 349 g/mol. The summed E-state index contributed by atoms with van der Waals surface area (Å²) in [6.07, 6.45) is 4.74. The van der Waals surface area contributed by atoms with Crippen LogP contribution in [-0.2, 0) is 9.53 Å². The first-order valence-electron chi connectivity index (χ1n) is 8.50. The lowest BCUT2D eigenvalue weighted by atomic mass is 9.93. The first-order valence-corrected chi connectivity index (χ1v) is 9.01. The summed E-state index contributed by atoms with van der Waals surface area (Å²) < 4.78 is 19.5. The third-order valence-corrected chi connectivity index (χ3v) is 5.42. The molecule has 1 heterocycles. The van der Waals surface area contributed by atoms with Crippen molar-refractivity contribution >= 4 is 18.4 Å². The van der Waals surface area contributed by atoms with Crippen LogP contribution < -0.4 is 0 Å². The van der Waals surface area contributed by atoms with Gasteiger partial charge in [0.05, 0.1) is 12.6 Å². The molecular weight excluding hydrogens is 325 g/mol. The van der Waals surface area contributed by atoms with Crippen molar-refractivity contribution in [3.05, 3.63) is 47.3 Å². The van der Waals surface area contributed by atoms with Crippen molar-refractivity contribution in [3.63, 3.8) is 0 Å². The summed E-state index contributed by atoms with van der Waals surface area (Å²) in [7, 11) is 1.66. The van der Waals surface area contributed by atoms with Gasteiger partial charge in [-0.05, 0) is 30.9 Å². The molecule has 0 aromatic heterocycles. The van der Waals surface area contributed by atoms with Crippen LogP contribution in [0.5, 0.6) is 0 Å². The third-order valence-electron chi connectivity index (χ3n) is 4.83. The van der Waals surface area contributed by atoms with Crippen LogP contribution in [0.25, 0.3) is 0 Å². The molecule has 1 saturated carbocycles. The molecule has 24 heavy (non-hydrogen) atoms. The number of hydrogen-bond acceptors (Lipinski definition) is 4. The lowest BCUT2D eigenvalue weighted by Gasteiger charge is -2.37. The van der Waals surface area contributed by atoms with Crippen molar-refractivity contribution in [2.24, 2.45) is 5.92 Å². The van der Waals surface area contributed by atoms with Gasteiger partial charge in [0.25, 0.3) is 0 Å². The molecule has 0 amide bonds. The minimum absolute atomic E-state index is 0.0923. The topological polar surface area (TPSA) is 29.5 Å². The number of benzene rings is 1. The van der Waals surface area contributed by atoms with E-state index in [4.69, 9.17) is 4.74 Å². The second-order valence-corrected chi connectivity index (χ2v) is 7.23. The van der Waals surface area contributed by atoms with Gasteiger partial charge in [0, 0.05) is 36.9 Å². The normalized spacial score (nSPS) is 25.0. The Morgan fingerprint density at radius 3 is 2.83 bits per heavy atom. The maximum absolute atomic E-state index is 14.4. The van der Waals surface area contributed by atoms with Crippen molar-refractivity contribution in [3.8, 4) is 0 Å². The number of Topliss-reactive ketones (excluding diaryl/α,β-unsaturated/α-hetero) is 1. The third kappa shape index (κ3) is 3.90. The Labute approximate surface area is 148 Å². The van der Waals surface area contributed by atoms with Gasteiger partial charge in [-0.3, -0.25) is 9.69 Å². The number of piperidine rings is 1. The number of nitrogens with zero attached hydrogens (tertiary/aromatic N) is 1. The van der Waals surface area contributed by atoms with Crippen molar-refractivity contribution in [2.75, 3.05) is 26.8 Å². The van der Waals surface area contributed by atoms with E-state index >= 15 is 0 Å². The Hall–Kier alpha value is -1.17. The van der Waals surface area contributed by atoms with Crippen LogP contribution in [0.1, 0.15) is 30.9 Å². The largest absolute Gasteiger partial charge is 0.381 e. The molecule has 2 atom stereocenters. The van der Waals surface area contributed by atoms with Gasteiger partial charge >= 0.3 is 0 Å². The molecule has 1 aromatic rings. The van der Waals surface area contributed by atoms with Gasteiger partial charge in [0.15, 0.2) is 5.78 Å². The van der Waals surface area contributed by atoms with Crippen LogP contribution in [0.2, 0.25) is 0 Å². The molecule has 1 aromatic carbocycles. The van der Waals surface area contributed by atoms with E-state index in [1.807, 2.05) is 6.08 Å². The Morgan fingerprint density at radius 1 is 1.42 bits per heavy atom. The molecule has 0 radical (unpaired) electrons. The number of rotatable bonds is 6. The number of carbonyl (C=O) groups excluding carboxylic acids is 1. The fraction of sp³-hybridized carbons (Fsp3) is 0.526. The zero-order chi connectivity index (χ0) is 17.1. The smallest absolute Gasteiger partial charge is 0.157 e. The summed E-state index contributed by atoms with van der Waals surface area (Å²) in [5.74, 6) is -0.0505. The molecule has 1 aliphatic carbocycles. The highest BCUT2D eigenvalue weighted by atomic mass is 32.1. The molecule has 0 N–H and O–H groups in total. The second kappa shape index (κ2) is 7.81. The van der Waals surface area contributed by atoms with E-state index in [9.17, 15) is 9.18 Å². The van der Waals surface area contributed by atoms with Crippen molar-refractivity contribution in [1.82, 2.24) is 4.90 Å². The van der Waals surface area contributed by atoms with E-state index in [1.165, 1.54) is 6.07 Å². The number of halogens is 1. The van der Waals surface area contributed by atoms with E-state index < -0.39 is 6.04 Å². The van der Waals surface area contributed by atoms with Gasteiger partial charge < -0.3 is 4.74 Å². The maximum Gasteiger partial charge on any atom is 0.157 e. The van der Waals surface area contributed by atoms with E-state index in [0.29, 0.717) is 18.7 Å². The van der Waals surface area contributed by atoms with Crippen molar-refractivity contribution < 1.29 is 13.9 Å². The molecule has 1 saturated heterocycles. The van der Waals surface area contributed by atoms with Crippen LogP contribution in [0.3, 0.4) is 0 Å². The maximum atomic E-state index is 14.4. The highest BCUT2D eigenvalue weighted by Crippen LogP contribution is 2.39. The summed E-state index contributed by atoms with van der Waals surface area (Å²) >= 11 is 4.64. The van der Waals surface area contributed by atoms with E-state index in [0.717, 1.165) is 31.4 Å². The van der Waals surface area contributed by atoms with Gasteiger partial charge in [-0.15, -0.1) is 0 Å². The van der Waals surface area contributed by atoms with Crippen LogP contribution in [0, 0.1) is 11.7 Å².